The summed E-state index contributed by atoms with van der Waals surface area (Å²) in [5, 5.41) is 13.2. The zero-order valence-corrected chi connectivity index (χ0v) is 36.6. The molecular weight excluding hydrogens is 860 g/mol. The van der Waals surface area contributed by atoms with Crippen molar-refractivity contribution in [1.29, 1.82) is 0 Å². The van der Waals surface area contributed by atoms with Gasteiger partial charge >= 0.3 is 17.1 Å². The standard InChI is InChI=1S/C28H22F2N4.C24H20OP2.Cu/c1-19(26(20-10-4-2-5-11-20)21-12-6-3-7-13-21)34-15-9-8-14-25(34)28-31-27(32-33-28)22-16-23(29)18-24(30)17-22;26-23-17-9-7-15-21(23)25-22-16-8-10-18-24(22)27(19-11-3-1-4-12-19)20-13-5-2-6-14-20;/h2-19,26H,1H3;1-18H,26H2;/q;;+1/t19-;;/m1../s1. The van der Waals surface area contributed by atoms with E-state index >= 15 is 0 Å². The molecule has 0 aliphatic rings. The third-order valence-corrected chi connectivity index (χ3v) is 13.2. The van der Waals surface area contributed by atoms with Gasteiger partial charge in [-0.15, -0.1) is 9.24 Å². The maximum atomic E-state index is 13.7. The fourth-order valence-electron chi connectivity index (χ4n) is 7.39. The number of pyridine rings is 1. The van der Waals surface area contributed by atoms with Crippen molar-refractivity contribution in [3.05, 3.63) is 235 Å². The van der Waals surface area contributed by atoms with Crippen molar-refractivity contribution >= 4 is 38.4 Å². The van der Waals surface area contributed by atoms with E-state index in [1.165, 1.54) is 39.2 Å². The molecule has 62 heavy (non-hydrogen) atoms. The second-order valence-corrected chi connectivity index (χ2v) is 17.1. The van der Waals surface area contributed by atoms with Gasteiger partial charge in [0.25, 0.3) is 0 Å². The summed E-state index contributed by atoms with van der Waals surface area (Å²) in [5.41, 5.74) is 3.41. The van der Waals surface area contributed by atoms with Gasteiger partial charge in [0.15, 0.2) is 12.2 Å². The Hall–Kier alpha value is -6.13. The molecule has 0 amide bonds. The Kier molecular flexibility index (Phi) is 15.0. The van der Waals surface area contributed by atoms with Crippen LogP contribution in [0, 0.1) is 11.6 Å². The summed E-state index contributed by atoms with van der Waals surface area (Å²) in [6.45, 7) is 2.16. The topological polar surface area (TPSA) is 53.0 Å². The molecule has 0 fully saturated rings. The molecule has 0 spiro atoms. The number of rotatable bonds is 11. The molecule has 7 aromatic carbocycles. The van der Waals surface area contributed by atoms with E-state index in [0.29, 0.717) is 5.82 Å². The molecule has 0 saturated carbocycles. The van der Waals surface area contributed by atoms with E-state index in [0.717, 1.165) is 28.6 Å². The summed E-state index contributed by atoms with van der Waals surface area (Å²) in [6, 6.07) is 67.6. The molecule has 10 heteroatoms. The fourth-order valence-corrected chi connectivity index (χ4v) is 10.0. The largest absolute Gasteiger partial charge is 1.00 e. The van der Waals surface area contributed by atoms with Crippen molar-refractivity contribution in [2.75, 3.05) is 0 Å². The maximum absolute atomic E-state index is 13.7. The first-order chi connectivity index (χ1) is 29.9. The van der Waals surface area contributed by atoms with E-state index in [1.54, 1.807) is 0 Å². The van der Waals surface area contributed by atoms with Gasteiger partial charge in [-0.3, -0.25) is 5.10 Å². The zero-order chi connectivity index (χ0) is 42.0. The van der Waals surface area contributed by atoms with Crippen molar-refractivity contribution in [2.24, 2.45) is 0 Å². The van der Waals surface area contributed by atoms with Crippen molar-refractivity contribution in [3.63, 3.8) is 0 Å². The number of hydrogen-bond donors (Lipinski definition) is 0. The molecule has 0 bridgehead atoms. The number of ether oxygens (including phenoxy) is 1. The number of para-hydroxylation sites is 2. The Morgan fingerprint density at radius 2 is 1.10 bits per heavy atom. The molecule has 5 nitrogen and oxygen atoms in total. The molecule has 2 atom stereocenters. The molecule has 310 valence electrons. The SMILES string of the molecule is C[C@H](C(c1ccccc1)c1ccccc1)[n+]1ccccc1-c1nc(-c2cc(F)cc(F)c2)n[n-]1.Pc1ccccc1Oc1ccccc1P(c1ccccc1)c1ccccc1.[Cu+]. The third kappa shape index (κ3) is 10.5. The Labute approximate surface area is 375 Å². The zero-order valence-electron chi connectivity index (χ0n) is 33.6. The minimum absolute atomic E-state index is 0. The summed E-state index contributed by atoms with van der Waals surface area (Å²) in [5.74, 6) is 1.06. The van der Waals surface area contributed by atoms with Gasteiger partial charge in [0.05, 0.1) is 11.7 Å². The maximum Gasteiger partial charge on any atom is 1.00 e. The fraction of sp³-hybridized carbons (Fsp3) is 0.0577. The molecule has 0 aliphatic carbocycles. The van der Waals surface area contributed by atoms with Crippen LogP contribution in [0.4, 0.5) is 8.78 Å². The third-order valence-electron chi connectivity index (χ3n) is 10.2. The molecule has 1 unspecified atom stereocenters. The molecule has 2 heterocycles. The normalized spacial score (nSPS) is 11.3. The summed E-state index contributed by atoms with van der Waals surface area (Å²) >= 11 is 0. The van der Waals surface area contributed by atoms with E-state index < -0.39 is 19.6 Å². The molecule has 0 saturated heterocycles. The van der Waals surface area contributed by atoms with Gasteiger partial charge in [0, 0.05) is 40.2 Å². The van der Waals surface area contributed by atoms with Gasteiger partial charge in [0.1, 0.15) is 23.1 Å². The van der Waals surface area contributed by atoms with E-state index in [4.69, 9.17) is 4.74 Å². The van der Waals surface area contributed by atoms with Crippen LogP contribution in [0.5, 0.6) is 11.5 Å². The van der Waals surface area contributed by atoms with Crippen LogP contribution < -0.4 is 35.6 Å². The van der Waals surface area contributed by atoms with Crippen molar-refractivity contribution in [3.8, 4) is 34.4 Å². The predicted octanol–water partition coefficient (Wildman–Crippen LogP) is 10.5. The second-order valence-electron chi connectivity index (χ2n) is 14.3. The number of hydrogen-bond acceptors (Lipinski definition) is 3. The second kappa shape index (κ2) is 21.1. The van der Waals surface area contributed by atoms with E-state index in [1.807, 2.05) is 91.1 Å². The Morgan fingerprint density at radius 3 is 1.68 bits per heavy atom. The van der Waals surface area contributed by atoms with Crippen LogP contribution in [-0.2, 0) is 17.1 Å². The first kappa shape index (κ1) is 43.9. The van der Waals surface area contributed by atoms with E-state index in [-0.39, 0.29) is 40.4 Å². The van der Waals surface area contributed by atoms with Gasteiger partial charge in [-0.2, -0.15) is 4.57 Å². The van der Waals surface area contributed by atoms with Crippen LogP contribution in [0.15, 0.2) is 212 Å². The molecule has 0 N–H and O–H groups in total. The van der Waals surface area contributed by atoms with E-state index in [9.17, 15) is 8.78 Å². The van der Waals surface area contributed by atoms with Crippen LogP contribution in [-0.4, -0.2) is 10.1 Å². The predicted molar refractivity (Wildman–Crippen MR) is 247 cm³/mol. The number of halogens is 2. The minimum atomic E-state index is -0.704. The summed E-state index contributed by atoms with van der Waals surface area (Å²) in [7, 11) is 2.04. The van der Waals surface area contributed by atoms with Crippen molar-refractivity contribution in [1.82, 2.24) is 15.2 Å². The number of nitrogens with zero attached hydrogens (tertiary/aromatic N) is 4. The van der Waals surface area contributed by atoms with Crippen molar-refractivity contribution < 1.29 is 35.2 Å². The quantitative estimate of drug-likeness (QED) is 0.0737. The van der Waals surface area contributed by atoms with Crippen LogP contribution in [0.25, 0.3) is 22.9 Å². The monoisotopic (exact) mass is 901 g/mol. The number of benzene rings is 7. The molecule has 2 aromatic heterocycles. The van der Waals surface area contributed by atoms with Crippen molar-refractivity contribution in [2.45, 2.75) is 18.9 Å². The molecule has 0 aliphatic heterocycles. The molecule has 9 rings (SSSR count). The van der Waals surface area contributed by atoms with Crippen LogP contribution in [0.1, 0.15) is 30.0 Å². The summed E-state index contributed by atoms with van der Waals surface area (Å²) < 4.78 is 35.9. The van der Waals surface area contributed by atoms with Gasteiger partial charge in [-0.05, 0) is 66.9 Å². The summed E-state index contributed by atoms with van der Waals surface area (Å²) in [4.78, 5) is 4.50. The Balaban J connectivity index is 0.000000188. The molecular formula is C52H42CuF2N4OP2+. The van der Waals surface area contributed by atoms with Crippen LogP contribution >= 0.6 is 17.2 Å². The van der Waals surface area contributed by atoms with E-state index in [2.05, 4.69) is 139 Å². The van der Waals surface area contributed by atoms with Crippen LogP contribution in [0.2, 0.25) is 0 Å². The van der Waals surface area contributed by atoms with Crippen LogP contribution in [0.3, 0.4) is 0 Å². The molecule has 0 radical (unpaired) electrons. The average Bonchev–Trinajstić information content (AvgIpc) is 3.80. The van der Waals surface area contributed by atoms with Gasteiger partial charge in [-0.25, -0.2) is 8.78 Å². The Bertz CT molecular complexity index is 2720. The Morgan fingerprint density at radius 1 is 0.597 bits per heavy atom. The smallest absolute Gasteiger partial charge is 0.456 e. The number of aromatic nitrogens is 4. The van der Waals surface area contributed by atoms with Gasteiger partial charge in [-0.1, -0.05) is 158 Å². The average molecular weight is 902 g/mol. The molecule has 9 aromatic rings. The van der Waals surface area contributed by atoms with Gasteiger partial charge < -0.3 is 14.8 Å². The first-order valence-corrected chi connectivity index (χ1v) is 21.8. The summed E-state index contributed by atoms with van der Waals surface area (Å²) in [6.07, 6.45) is 2.00. The minimum Gasteiger partial charge on any atom is -0.456 e. The first-order valence-electron chi connectivity index (χ1n) is 19.9. The van der Waals surface area contributed by atoms with Gasteiger partial charge in [0.2, 0.25) is 5.69 Å².